The summed E-state index contributed by atoms with van der Waals surface area (Å²) in [5, 5.41) is 2.88. The number of halogens is 7. The topological polar surface area (TPSA) is 58.6 Å². The van der Waals surface area contributed by atoms with Crippen LogP contribution in [0.5, 0.6) is 5.75 Å². The molecule has 0 atom stereocenters. The second kappa shape index (κ2) is 14.5. The first-order valence-electron chi connectivity index (χ1n) is 15.0. The summed E-state index contributed by atoms with van der Waals surface area (Å²) < 4.78 is 99.1. The molecule has 0 bridgehead atoms. The molecule has 12 heteroatoms. The lowest BCUT2D eigenvalue weighted by Gasteiger charge is -2.32. The summed E-state index contributed by atoms with van der Waals surface area (Å²) in [6.45, 7) is 1.41. The summed E-state index contributed by atoms with van der Waals surface area (Å²) in [5.41, 5.74) is 1.15. The molecule has 1 heterocycles. The summed E-state index contributed by atoms with van der Waals surface area (Å²) in [6, 6.07) is 12.0. The highest BCUT2D eigenvalue weighted by molar-refractivity contribution is 6.14. The quantitative estimate of drug-likeness (QED) is 0.201. The Kier molecular flexibility index (Phi) is 10.5. The Hall–Kier alpha value is -4.45. The van der Waals surface area contributed by atoms with E-state index in [0.29, 0.717) is 30.9 Å². The number of rotatable bonds is 8. The highest BCUT2D eigenvalue weighted by Crippen LogP contribution is 2.34. The van der Waals surface area contributed by atoms with Gasteiger partial charge >= 0.3 is 6.18 Å². The highest BCUT2D eigenvalue weighted by atomic mass is 19.4. The average molecular weight is 661 g/mol. The van der Waals surface area contributed by atoms with Crippen molar-refractivity contribution in [2.45, 2.75) is 37.9 Å². The van der Waals surface area contributed by atoms with Crippen LogP contribution in [0, 0.1) is 29.2 Å². The number of likely N-dealkylation sites (tertiary alicyclic amines) is 1. The molecule has 1 aliphatic carbocycles. The van der Waals surface area contributed by atoms with Crippen molar-refractivity contribution in [3.05, 3.63) is 112 Å². The van der Waals surface area contributed by atoms with E-state index in [2.05, 4.69) is 5.32 Å². The van der Waals surface area contributed by atoms with E-state index in [4.69, 9.17) is 4.74 Å². The Morgan fingerprint density at radius 3 is 1.83 bits per heavy atom. The van der Waals surface area contributed by atoms with Crippen LogP contribution in [0.25, 0.3) is 12.2 Å². The normalized spacial score (nSPS) is 19.7. The van der Waals surface area contributed by atoms with Crippen LogP contribution >= 0.6 is 0 Å². The van der Waals surface area contributed by atoms with Gasteiger partial charge in [0.05, 0.1) is 5.92 Å². The third-order valence-electron chi connectivity index (χ3n) is 8.26. The second-order valence-electron chi connectivity index (χ2n) is 11.6. The van der Waals surface area contributed by atoms with Crippen molar-refractivity contribution in [2.24, 2.45) is 5.92 Å². The maximum atomic E-state index is 13.9. The van der Waals surface area contributed by atoms with E-state index in [1.54, 1.807) is 24.3 Å². The second-order valence-corrected chi connectivity index (χ2v) is 11.6. The molecule has 1 N–H and O–H groups in total. The molecule has 248 valence electrons. The van der Waals surface area contributed by atoms with Gasteiger partial charge in [-0.2, -0.15) is 13.2 Å². The minimum Gasteiger partial charge on any atom is -0.492 e. The Labute approximate surface area is 266 Å². The van der Waals surface area contributed by atoms with E-state index < -0.39 is 53.1 Å². The van der Waals surface area contributed by atoms with Gasteiger partial charge < -0.3 is 10.1 Å². The minimum atomic E-state index is -4.17. The van der Waals surface area contributed by atoms with Crippen LogP contribution in [0.4, 0.5) is 30.7 Å². The molecular formula is C35H31F7N2O3. The van der Waals surface area contributed by atoms with E-state index >= 15 is 0 Å². The molecule has 1 saturated heterocycles. The van der Waals surface area contributed by atoms with Gasteiger partial charge in [-0.05, 0) is 111 Å². The van der Waals surface area contributed by atoms with Gasteiger partial charge in [-0.15, -0.1) is 0 Å². The van der Waals surface area contributed by atoms with Crippen LogP contribution < -0.4 is 10.1 Å². The molecule has 1 amide bonds. The van der Waals surface area contributed by atoms with Gasteiger partial charge in [0.15, 0.2) is 29.1 Å². The number of hydrogen-bond acceptors (Lipinski definition) is 4. The molecule has 47 heavy (non-hydrogen) atoms. The van der Waals surface area contributed by atoms with E-state index in [9.17, 15) is 40.3 Å². The highest BCUT2D eigenvalue weighted by Gasteiger charge is 2.41. The lowest BCUT2D eigenvalue weighted by atomic mass is 9.83. The average Bonchev–Trinajstić information content (AvgIpc) is 3.03. The van der Waals surface area contributed by atoms with Crippen molar-refractivity contribution in [1.82, 2.24) is 10.2 Å². The number of hydrogen-bond donors (Lipinski definition) is 1. The Morgan fingerprint density at radius 2 is 1.34 bits per heavy atom. The van der Waals surface area contributed by atoms with Crippen LogP contribution in [-0.4, -0.2) is 55.0 Å². The van der Waals surface area contributed by atoms with Crippen molar-refractivity contribution >= 4 is 23.8 Å². The zero-order valence-corrected chi connectivity index (χ0v) is 25.1. The van der Waals surface area contributed by atoms with Crippen LogP contribution in [0.1, 0.15) is 47.2 Å². The van der Waals surface area contributed by atoms with Crippen molar-refractivity contribution in [3.63, 3.8) is 0 Å². The first-order chi connectivity index (χ1) is 22.4. The third kappa shape index (κ3) is 8.88. The molecule has 0 aromatic heterocycles. The first kappa shape index (κ1) is 33.9. The number of nitrogens with one attached hydrogen (secondary N) is 1. The van der Waals surface area contributed by atoms with Crippen molar-refractivity contribution in [1.29, 1.82) is 0 Å². The number of Topliss-reactive ketones (excluding diaryl/α,β-unsaturated/α-hetero) is 1. The van der Waals surface area contributed by atoms with Crippen molar-refractivity contribution < 1.29 is 45.1 Å². The molecular weight excluding hydrogens is 629 g/mol. The summed E-state index contributed by atoms with van der Waals surface area (Å²) >= 11 is 0. The van der Waals surface area contributed by atoms with Crippen LogP contribution in [0.15, 0.2) is 71.8 Å². The number of nitrogens with zero attached hydrogens (tertiary/aromatic N) is 1. The number of alkyl halides is 3. The predicted molar refractivity (Wildman–Crippen MR) is 161 cm³/mol. The summed E-state index contributed by atoms with van der Waals surface area (Å²) in [7, 11) is 0. The largest absolute Gasteiger partial charge is 0.492 e. The van der Waals surface area contributed by atoms with Gasteiger partial charge in [0, 0.05) is 29.3 Å². The van der Waals surface area contributed by atoms with Gasteiger partial charge in [-0.25, -0.2) is 17.6 Å². The maximum Gasteiger partial charge on any atom is 0.391 e. The van der Waals surface area contributed by atoms with Gasteiger partial charge in [0.2, 0.25) is 0 Å². The first-order valence-corrected chi connectivity index (χ1v) is 15.0. The number of carbonyl (C=O) groups is 2. The van der Waals surface area contributed by atoms with Crippen molar-refractivity contribution in [3.8, 4) is 5.75 Å². The molecule has 2 fully saturated rings. The Balaban J connectivity index is 1.24. The number of benzene rings is 3. The standard InChI is InChI=1S/C35H31F7N2O3/c36-29-7-1-21(17-31(29)38)15-24-19-27(20-25(33(24)45)16-22-2-8-30(37)32(39)18-22)43-34(46)23-3-5-28(6-4-23)47-14-13-44-11-9-26(10-12-44)35(40,41)42/h1-8,15-18,26-27H,9-14,19-20H2,(H,43,46)/b24-15+,25-16+. The zero-order valence-electron chi connectivity index (χ0n) is 25.1. The fraction of sp³-hybridized carbons (Fsp3) is 0.314. The molecule has 1 saturated carbocycles. The number of carbonyl (C=O) groups excluding carboxylic acids is 2. The Bertz CT molecular complexity index is 1600. The van der Waals surface area contributed by atoms with Crippen LogP contribution in [-0.2, 0) is 4.79 Å². The van der Waals surface area contributed by atoms with Crippen LogP contribution in [0.3, 0.4) is 0 Å². The van der Waals surface area contributed by atoms with E-state index in [1.807, 2.05) is 4.90 Å². The maximum absolute atomic E-state index is 13.9. The minimum absolute atomic E-state index is 0.0621. The molecule has 0 unspecified atom stereocenters. The number of piperidine rings is 1. The van der Waals surface area contributed by atoms with Crippen LogP contribution in [0.2, 0.25) is 0 Å². The van der Waals surface area contributed by atoms with Gasteiger partial charge in [-0.1, -0.05) is 12.1 Å². The predicted octanol–water partition coefficient (Wildman–Crippen LogP) is 7.52. The number of ether oxygens (including phenoxy) is 1. The number of ketones is 1. The molecule has 0 spiro atoms. The molecule has 5 rings (SSSR count). The summed E-state index contributed by atoms with van der Waals surface area (Å²) in [5.74, 6) is -5.97. The third-order valence-corrected chi connectivity index (χ3v) is 8.26. The molecule has 5 nitrogen and oxygen atoms in total. The monoisotopic (exact) mass is 660 g/mol. The summed E-state index contributed by atoms with van der Waals surface area (Å²) in [6.07, 6.45) is -1.11. The van der Waals surface area contributed by atoms with E-state index in [-0.39, 0.29) is 54.6 Å². The van der Waals surface area contributed by atoms with Crippen molar-refractivity contribution in [2.75, 3.05) is 26.2 Å². The lowest BCUT2D eigenvalue weighted by Crippen LogP contribution is -2.40. The molecule has 3 aromatic rings. The summed E-state index contributed by atoms with van der Waals surface area (Å²) in [4.78, 5) is 28.5. The van der Waals surface area contributed by atoms with E-state index in [0.717, 1.165) is 24.3 Å². The van der Waals surface area contributed by atoms with Gasteiger partial charge in [0.1, 0.15) is 12.4 Å². The fourth-order valence-electron chi connectivity index (χ4n) is 5.70. The zero-order chi connectivity index (χ0) is 33.7. The van der Waals surface area contributed by atoms with E-state index in [1.165, 1.54) is 24.3 Å². The lowest BCUT2D eigenvalue weighted by molar-refractivity contribution is -0.185. The molecule has 0 radical (unpaired) electrons. The molecule has 1 aliphatic heterocycles. The fourth-order valence-corrected chi connectivity index (χ4v) is 5.70. The number of amides is 1. The van der Waals surface area contributed by atoms with Gasteiger partial charge in [-0.3, -0.25) is 14.5 Å². The smallest absolute Gasteiger partial charge is 0.391 e. The molecule has 3 aromatic carbocycles. The van der Waals surface area contributed by atoms with Gasteiger partial charge in [0.25, 0.3) is 5.91 Å². The Morgan fingerprint density at radius 1 is 0.809 bits per heavy atom. The molecule has 2 aliphatic rings. The SMILES string of the molecule is O=C1/C(=C/c2ccc(F)c(F)c2)CC(NC(=O)c2ccc(OCCN3CCC(C(F)(F)F)CC3)cc2)C/C1=C\c1ccc(F)c(F)c1.